The summed E-state index contributed by atoms with van der Waals surface area (Å²) in [5.74, 6) is 0. The standard InChI is InChI=1S/C54H35NS/c1-3-14-36(15-4-1)45-30-29-42(35-50(45)38-16-5-2-6-17-38)55(41-28-31-46-40(34-41)27-26-39-19-8-9-21-43(39)46)51-33-32-48(47-24-13-20-37-18-7-10-22-44(37)47)54-53(51)49-23-11-12-25-52(49)56-54/h1-35H. The molecule has 0 amide bonds. The van der Waals surface area contributed by atoms with Gasteiger partial charge in [-0.1, -0.05) is 176 Å². The SMILES string of the molecule is c1ccc(-c2ccc(N(c3ccc4c(ccc5ccccc54)c3)c3ccc(-c4cccc5ccccc45)c4sc5ccccc5c34)cc2-c2ccccc2)cc1. The second-order valence-electron chi connectivity index (χ2n) is 14.5. The van der Waals surface area contributed by atoms with Gasteiger partial charge in [-0.3, -0.25) is 0 Å². The quantitative estimate of drug-likeness (QED) is 0.154. The molecule has 10 aromatic carbocycles. The van der Waals surface area contributed by atoms with Gasteiger partial charge in [-0.15, -0.1) is 11.3 Å². The predicted molar refractivity (Wildman–Crippen MR) is 243 cm³/mol. The molecule has 56 heavy (non-hydrogen) atoms. The lowest BCUT2D eigenvalue weighted by atomic mass is 9.93. The second kappa shape index (κ2) is 13.4. The van der Waals surface area contributed by atoms with E-state index in [1.165, 1.54) is 85.9 Å². The molecule has 1 aromatic heterocycles. The molecule has 0 saturated heterocycles. The first-order valence-corrected chi connectivity index (χ1v) is 20.0. The van der Waals surface area contributed by atoms with E-state index >= 15 is 0 Å². The summed E-state index contributed by atoms with van der Waals surface area (Å²) in [4.78, 5) is 2.49. The second-order valence-corrected chi connectivity index (χ2v) is 15.5. The first-order valence-electron chi connectivity index (χ1n) is 19.2. The Morgan fingerprint density at radius 1 is 0.321 bits per heavy atom. The van der Waals surface area contributed by atoms with Gasteiger partial charge < -0.3 is 4.90 Å². The van der Waals surface area contributed by atoms with Crippen LogP contribution in [0.1, 0.15) is 0 Å². The van der Waals surface area contributed by atoms with Crippen molar-refractivity contribution in [2.24, 2.45) is 0 Å². The molecule has 0 aliphatic heterocycles. The molecule has 0 N–H and O–H groups in total. The molecule has 2 heteroatoms. The zero-order chi connectivity index (χ0) is 37.0. The summed E-state index contributed by atoms with van der Waals surface area (Å²) in [5, 5.41) is 10.1. The van der Waals surface area contributed by atoms with Gasteiger partial charge in [0, 0.05) is 37.1 Å². The van der Waals surface area contributed by atoms with Gasteiger partial charge in [-0.05, 0) is 96.5 Å². The number of hydrogen-bond acceptors (Lipinski definition) is 2. The van der Waals surface area contributed by atoms with Gasteiger partial charge in [0.25, 0.3) is 0 Å². The number of thiophene rings is 1. The lowest BCUT2D eigenvalue weighted by Crippen LogP contribution is -2.11. The maximum Gasteiger partial charge on any atom is 0.0555 e. The van der Waals surface area contributed by atoms with Crippen LogP contribution in [-0.2, 0) is 0 Å². The lowest BCUT2D eigenvalue weighted by molar-refractivity contribution is 1.31. The smallest absolute Gasteiger partial charge is 0.0555 e. The van der Waals surface area contributed by atoms with Gasteiger partial charge >= 0.3 is 0 Å². The van der Waals surface area contributed by atoms with E-state index in [-0.39, 0.29) is 0 Å². The Morgan fingerprint density at radius 3 is 1.70 bits per heavy atom. The number of fused-ring (bicyclic) bond motifs is 7. The van der Waals surface area contributed by atoms with Crippen LogP contribution in [0.3, 0.4) is 0 Å². The van der Waals surface area contributed by atoms with E-state index in [1.54, 1.807) is 0 Å². The van der Waals surface area contributed by atoms with Crippen molar-refractivity contribution in [3.8, 4) is 33.4 Å². The highest BCUT2D eigenvalue weighted by atomic mass is 32.1. The Labute approximate surface area is 330 Å². The zero-order valence-corrected chi connectivity index (χ0v) is 31.4. The van der Waals surface area contributed by atoms with Gasteiger partial charge in [-0.2, -0.15) is 0 Å². The minimum atomic E-state index is 1.11. The molecule has 0 saturated carbocycles. The van der Waals surface area contributed by atoms with Crippen molar-refractivity contribution in [3.63, 3.8) is 0 Å². The van der Waals surface area contributed by atoms with E-state index in [2.05, 4.69) is 217 Å². The van der Waals surface area contributed by atoms with Crippen LogP contribution in [0.5, 0.6) is 0 Å². The van der Waals surface area contributed by atoms with Crippen molar-refractivity contribution in [1.29, 1.82) is 0 Å². The molecule has 1 heterocycles. The molecule has 262 valence electrons. The summed E-state index contributed by atoms with van der Waals surface area (Å²) in [5.41, 5.74) is 10.7. The van der Waals surface area contributed by atoms with E-state index in [0.717, 1.165) is 17.1 Å². The van der Waals surface area contributed by atoms with Crippen LogP contribution in [0.4, 0.5) is 17.1 Å². The maximum absolute atomic E-state index is 2.49. The minimum Gasteiger partial charge on any atom is -0.310 e. The number of nitrogens with zero attached hydrogens (tertiary/aromatic N) is 1. The highest BCUT2D eigenvalue weighted by Crippen LogP contribution is 2.50. The van der Waals surface area contributed by atoms with Crippen LogP contribution in [-0.4, -0.2) is 0 Å². The maximum atomic E-state index is 2.49. The van der Waals surface area contributed by atoms with E-state index in [4.69, 9.17) is 0 Å². The van der Waals surface area contributed by atoms with Crippen molar-refractivity contribution in [2.75, 3.05) is 4.90 Å². The molecule has 0 unspecified atom stereocenters. The van der Waals surface area contributed by atoms with Crippen molar-refractivity contribution in [1.82, 2.24) is 0 Å². The van der Waals surface area contributed by atoms with Crippen molar-refractivity contribution in [3.05, 3.63) is 212 Å². The van der Waals surface area contributed by atoms with Gasteiger partial charge in [0.15, 0.2) is 0 Å². The average Bonchev–Trinajstić information content (AvgIpc) is 3.67. The molecule has 0 radical (unpaired) electrons. The Morgan fingerprint density at radius 2 is 0.893 bits per heavy atom. The van der Waals surface area contributed by atoms with E-state index in [9.17, 15) is 0 Å². The van der Waals surface area contributed by atoms with Crippen LogP contribution in [0, 0.1) is 0 Å². The molecule has 0 bridgehead atoms. The number of anilines is 3. The van der Waals surface area contributed by atoms with Gasteiger partial charge in [-0.25, -0.2) is 0 Å². The molecule has 0 spiro atoms. The molecule has 0 atom stereocenters. The third-order valence-corrected chi connectivity index (χ3v) is 12.4. The first kappa shape index (κ1) is 32.4. The van der Waals surface area contributed by atoms with Crippen LogP contribution in [0.15, 0.2) is 212 Å². The largest absolute Gasteiger partial charge is 0.310 e. The summed E-state index contributed by atoms with van der Waals surface area (Å²) >= 11 is 1.89. The molecule has 0 fully saturated rings. The third-order valence-electron chi connectivity index (χ3n) is 11.2. The normalized spacial score (nSPS) is 11.6. The van der Waals surface area contributed by atoms with Gasteiger partial charge in [0.05, 0.1) is 5.69 Å². The molecular formula is C54H35NS. The van der Waals surface area contributed by atoms with Crippen molar-refractivity contribution in [2.45, 2.75) is 0 Å². The predicted octanol–water partition coefficient (Wildman–Crippen LogP) is 16.0. The molecular weight excluding hydrogens is 695 g/mol. The van der Waals surface area contributed by atoms with Crippen LogP contribution in [0.25, 0.3) is 85.9 Å². The fourth-order valence-corrected chi connectivity index (χ4v) is 9.88. The number of hydrogen-bond donors (Lipinski definition) is 0. The highest BCUT2D eigenvalue weighted by Gasteiger charge is 2.23. The average molecular weight is 730 g/mol. The van der Waals surface area contributed by atoms with E-state index in [0.29, 0.717) is 0 Å². The summed E-state index contributed by atoms with van der Waals surface area (Å²) in [6.45, 7) is 0. The van der Waals surface area contributed by atoms with Gasteiger partial charge in [0.2, 0.25) is 0 Å². The van der Waals surface area contributed by atoms with Crippen molar-refractivity contribution >= 4 is 80.9 Å². The molecule has 1 nitrogen and oxygen atoms in total. The number of rotatable bonds is 6. The molecule has 11 rings (SSSR count). The van der Waals surface area contributed by atoms with Crippen molar-refractivity contribution < 1.29 is 0 Å². The molecule has 0 aliphatic carbocycles. The van der Waals surface area contributed by atoms with E-state index in [1.807, 2.05) is 11.3 Å². The summed E-state index contributed by atoms with van der Waals surface area (Å²) < 4.78 is 2.58. The monoisotopic (exact) mass is 729 g/mol. The lowest BCUT2D eigenvalue weighted by Gasteiger charge is -2.28. The fourth-order valence-electron chi connectivity index (χ4n) is 8.63. The highest BCUT2D eigenvalue weighted by molar-refractivity contribution is 7.26. The zero-order valence-electron chi connectivity index (χ0n) is 30.6. The Balaban J connectivity index is 1.21. The summed E-state index contributed by atoms with van der Waals surface area (Å²) in [6, 6.07) is 77.8. The molecule has 0 aliphatic rings. The van der Waals surface area contributed by atoms with Crippen LogP contribution in [0.2, 0.25) is 0 Å². The van der Waals surface area contributed by atoms with Crippen LogP contribution < -0.4 is 4.90 Å². The fraction of sp³-hybridized carbons (Fsp3) is 0. The minimum absolute atomic E-state index is 1.11. The Hall–Kier alpha value is -7.00. The Kier molecular flexibility index (Phi) is 7.75. The first-order chi connectivity index (χ1) is 27.8. The van der Waals surface area contributed by atoms with Crippen LogP contribution >= 0.6 is 11.3 Å². The third kappa shape index (κ3) is 5.38. The topological polar surface area (TPSA) is 3.24 Å². The Bertz CT molecular complexity index is 3250. The summed E-state index contributed by atoms with van der Waals surface area (Å²) in [7, 11) is 0. The van der Waals surface area contributed by atoms with Gasteiger partial charge in [0.1, 0.15) is 0 Å². The molecule has 11 aromatic rings. The van der Waals surface area contributed by atoms with E-state index < -0.39 is 0 Å². The number of benzene rings is 10. The summed E-state index contributed by atoms with van der Waals surface area (Å²) in [6.07, 6.45) is 0.